The van der Waals surface area contributed by atoms with Gasteiger partial charge in [0.15, 0.2) is 17.3 Å². The van der Waals surface area contributed by atoms with Crippen LogP contribution in [0.4, 0.5) is 4.79 Å². The minimum Gasteiger partial charge on any atom is -0.436 e. The molecule has 3 heterocycles. The number of carbonyl (C=O) groups excluding carboxylic acids is 3. The number of morpholine rings is 1. The lowest BCUT2D eigenvalue weighted by atomic mass is 9.85. The summed E-state index contributed by atoms with van der Waals surface area (Å²) in [5, 5.41) is 2.59. The number of carbonyl (C=O) groups is 3. The van der Waals surface area contributed by atoms with E-state index in [1.807, 2.05) is 0 Å². The monoisotopic (exact) mass is 444 g/mol. The fourth-order valence-corrected chi connectivity index (χ4v) is 4.12. The van der Waals surface area contributed by atoms with Crippen molar-refractivity contribution >= 4 is 29.0 Å². The molecule has 2 aromatic heterocycles. The average Bonchev–Trinajstić information content (AvgIpc) is 3.27. The van der Waals surface area contributed by atoms with Gasteiger partial charge < -0.3 is 24.1 Å². The second kappa shape index (κ2) is 10.5. The molecule has 32 heavy (non-hydrogen) atoms. The van der Waals surface area contributed by atoms with Crippen LogP contribution in [0.3, 0.4) is 0 Å². The normalized spacial score (nSPS) is 18.3. The molecule has 1 aliphatic carbocycles. The predicted molar refractivity (Wildman–Crippen MR) is 113 cm³/mol. The van der Waals surface area contributed by atoms with Gasteiger partial charge in [0, 0.05) is 19.3 Å². The predicted octanol–water partition coefficient (Wildman–Crippen LogP) is 2.33. The second-order valence-corrected chi connectivity index (χ2v) is 8.20. The summed E-state index contributed by atoms with van der Waals surface area (Å²) >= 11 is 0. The van der Waals surface area contributed by atoms with E-state index in [1.54, 1.807) is 23.2 Å². The number of pyridine rings is 1. The highest BCUT2D eigenvalue weighted by atomic mass is 16.6. The Morgan fingerprint density at radius 3 is 2.72 bits per heavy atom. The lowest BCUT2D eigenvalue weighted by Gasteiger charge is -2.30. The first kappa shape index (κ1) is 22.2. The van der Waals surface area contributed by atoms with Gasteiger partial charge in [-0.1, -0.05) is 32.1 Å². The molecule has 2 fully saturated rings. The van der Waals surface area contributed by atoms with Crippen molar-refractivity contribution in [3.8, 4) is 0 Å². The van der Waals surface area contributed by atoms with Crippen LogP contribution >= 0.6 is 0 Å². The molecule has 1 aliphatic heterocycles. The van der Waals surface area contributed by atoms with E-state index in [2.05, 4.69) is 15.3 Å². The SMILES string of the molecule is O=C(CNC(=O)C(CC1CCCCC1)OC(=O)N1CCOCC1)c1nc2ncccc2o1. The quantitative estimate of drug-likeness (QED) is 0.646. The zero-order valence-electron chi connectivity index (χ0n) is 18.0. The number of amides is 2. The Hall–Kier alpha value is -3.01. The van der Waals surface area contributed by atoms with Crippen molar-refractivity contribution in [2.45, 2.75) is 44.6 Å². The molecule has 10 nitrogen and oxygen atoms in total. The largest absolute Gasteiger partial charge is 0.436 e. The molecule has 1 unspecified atom stereocenters. The lowest BCUT2D eigenvalue weighted by Crippen LogP contribution is -2.46. The fourth-order valence-electron chi connectivity index (χ4n) is 4.12. The van der Waals surface area contributed by atoms with Gasteiger partial charge in [-0.3, -0.25) is 9.59 Å². The van der Waals surface area contributed by atoms with Crippen LogP contribution in [0.5, 0.6) is 0 Å². The van der Waals surface area contributed by atoms with Crippen LogP contribution in [0.2, 0.25) is 0 Å². The van der Waals surface area contributed by atoms with E-state index in [4.69, 9.17) is 13.9 Å². The highest BCUT2D eigenvalue weighted by molar-refractivity contribution is 5.97. The maximum absolute atomic E-state index is 12.9. The lowest BCUT2D eigenvalue weighted by molar-refractivity contribution is -0.131. The summed E-state index contributed by atoms with van der Waals surface area (Å²) in [6, 6.07) is 3.35. The van der Waals surface area contributed by atoms with Gasteiger partial charge in [0.1, 0.15) is 0 Å². The average molecular weight is 444 g/mol. The molecule has 1 atom stereocenters. The van der Waals surface area contributed by atoms with Gasteiger partial charge in [-0.05, 0) is 24.5 Å². The molecular weight excluding hydrogens is 416 g/mol. The van der Waals surface area contributed by atoms with Crippen LogP contribution in [0.1, 0.15) is 49.2 Å². The summed E-state index contributed by atoms with van der Waals surface area (Å²) in [5.41, 5.74) is 0.730. The standard InChI is InChI=1S/C22H28N4O6/c27-16(21-25-19-17(31-21)7-4-8-23-19)14-24-20(28)18(13-15-5-2-1-3-6-15)32-22(29)26-9-11-30-12-10-26/h4,7-8,15,18H,1-3,5-6,9-14H2,(H,24,28). The number of fused-ring (bicyclic) bond motifs is 1. The van der Waals surface area contributed by atoms with Gasteiger partial charge >= 0.3 is 6.09 Å². The number of ketones is 1. The van der Waals surface area contributed by atoms with Gasteiger partial charge in [-0.25, -0.2) is 9.78 Å². The third kappa shape index (κ3) is 5.61. The zero-order chi connectivity index (χ0) is 22.3. The summed E-state index contributed by atoms with van der Waals surface area (Å²) < 4.78 is 16.3. The molecule has 4 rings (SSSR count). The Kier molecular flexibility index (Phi) is 7.31. The molecule has 1 saturated heterocycles. The van der Waals surface area contributed by atoms with E-state index in [0.717, 1.165) is 25.7 Å². The number of nitrogens with one attached hydrogen (secondary N) is 1. The first-order valence-corrected chi connectivity index (χ1v) is 11.2. The summed E-state index contributed by atoms with van der Waals surface area (Å²) in [4.78, 5) is 47.6. The number of Topliss-reactive ketones (excluding diaryl/α,β-unsaturated/α-hetero) is 1. The van der Waals surface area contributed by atoms with Gasteiger partial charge in [-0.15, -0.1) is 0 Å². The number of nitrogens with zero attached hydrogens (tertiary/aromatic N) is 3. The molecule has 2 amide bonds. The van der Waals surface area contributed by atoms with Crippen LogP contribution in [0.15, 0.2) is 22.7 Å². The van der Waals surface area contributed by atoms with E-state index in [0.29, 0.717) is 49.9 Å². The minimum atomic E-state index is -0.952. The number of aromatic nitrogens is 2. The molecule has 0 aromatic carbocycles. The maximum atomic E-state index is 12.9. The molecule has 2 aromatic rings. The van der Waals surface area contributed by atoms with Crippen LogP contribution < -0.4 is 5.32 Å². The Labute approximate surface area is 185 Å². The third-order valence-electron chi connectivity index (χ3n) is 5.90. The van der Waals surface area contributed by atoms with E-state index in [1.165, 1.54) is 6.42 Å². The highest BCUT2D eigenvalue weighted by Gasteiger charge is 2.30. The van der Waals surface area contributed by atoms with Crippen LogP contribution in [-0.4, -0.2) is 71.6 Å². The van der Waals surface area contributed by atoms with Crippen LogP contribution in [0, 0.1) is 5.92 Å². The summed E-state index contributed by atoms with van der Waals surface area (Å²) in [6.07, 6.45) is 5.95. The molecule has 0 spiro atoms. The zero-order valence-corrected chi connectivity index (χ0v) is 18.0. The van der Waals surface area contributed by atoms with E-state index in [9.17, 15) is 14.4 Å². The molecule has 2 aliphatic rings. The minimum absolute atomic E-state index is 0.117. The van der Waals surface area contributed by atoms with Crippen molar-refractivity contribution in [1.82, 2.24) is 20.2 Å². The number of hydrogen-bond acceptors (Lipinski definition) is 8. The van der Waals surface area contributed by atoms with Crippen molar-refractivity contribution in [1.29, 1.82) is 0 Å². The molecule has 0 bridgehead atoms. The van der Waals surface area contributed by atoms with Crippen LogP contribution in [-0.2, 0) is 14.3 Å². The molecule has 1 saturated carbocycles. The maximum Gasteiger partial charge on any atom is 0.410 e. The van der Waals surface area contributed by atoms with Gasteiger partial charge in [0.2, 0.25) is 5.78 Å². The summed E-state index contributed by atoms with van der Waals surface area (Å²) in [6.45, 7) is 1.45. The van der Waals surface area contributed by atoms with Crippen molar-refractivity contribution in [3.05, 3.63) is 24.2 Å². The van der Waals surface area contributed by atoms with Crippen molar-refractivity contribution in [2.24, 2.45) is 5.92 Å². The molecule has 10 heteroatoms. The van der Waals surface area contributed by atoms with Crippen molar-refractivity contribution < 1.29 is 28.3 Å². The van der Waals surface area contributed by atoms with Gasteiger partial charge in [-0.2, -0.15) is 4.98 Å². The summed E-state index contributed by atoms with van der Waals surface area (Å²) in [5.74, 6) is -0.768. The first-order chi connectivity index (χ1) is 15.6. The van der Waals surface area contributed by atoms with E-state index >= 15 is 0 Å². The molecule has 1 N–H and O–H groups in total. The van der Waals surface area contributed by atoms with E-state index < -0.39 is 23.9 Å². The van der Waals surface area contributed by atoms with Crippen LogP contribution in [0.25, 0.3) is 11.2 Å². The number of rotatable bonds is 7. The van der Waals surface area contributed by atoms with Crippen molar-refractivity contribution in [2.75, 3.05) is 32.8 Å². The highest BCUT2D eigenvalue weighted by Crippen LogP contribution is 2.28. The van der Waals surface area contributed by atoms with Gasteiger partial charge in [0.05, 0.1) is 19.8 Å². The number of hydrogen-bond donors (Lipinski definition) is 1. The Balaban J connectivity index is 1.37. The third-order valence-corrected chi connectivity index (χ3v) is 5.90. The Morgan fingerprint density at radius 2 is 1.97 bits per heavy atom. The number of ether oxygens (including phenoxy) is 2. The smallest absolute Gasteiger partial charge is 0.410 e. The molecule has 172 valence electrons. The summed E-state index contributed by atoms with van der Waals surface area (Å²) in [7, 11) is 0. The Bertz CT molecular complexity index is 916. The number of oxazole rings is 1. The molecule has 0 radical (unpaired) electrons. The second-order valence-electron chi connectivity index (χ2n) is 8.20. The fraction of sp³-hybridized carbons (Fsp3) is 0.591. The molecular formula is C22H28N4O6. The van der Waals surface area contributed by atoms with Crippen molar-refractivity contribution in [3.63, 3.8) is 0 Å². The van der Waals surface area contributed by atoms with E-state index in [-0.39, 0.29) is 12.4 Å². The topological polar surface area (TPSA) is 124 Å². The Morgan fingerprint density at radius 1 is 1.19 bits per heavy atom. The van der Waals surface area contributed by atoms with Gasteiger partial charge in [0.25, 0.3) is 11.8 Å². The first-order valence-electron chi connectivity index (χ1n) is 11.2.